The lowest BCUT2D eigenvalue weighted by Crippen LogP contribution is -2.36. The Morgan fingerprint density at radius 2 is 1.77 bits per heavy atom. The van der Waals surface area contributed by atoms with Crippen LogP contribution in [0.5, 0.6) is 0 Å². The number of morpholine rings is 1. The third-order valence-corrected chi connectivity index (χ3v) is 6.68. The number of aromatic nitrogens is 3. The molecule has 0 spiro atoms. The van der Waals surface area contributed by atoms with Gasteiger partial charge in [-0.15, -0.1) is 0 Å². The Kier molecular flexibility index (Phi) is 6.75. The number of urea groups is 1. The van der Waals surface area contributed by atoms with Crippen LogP contribution >= 0.6 is 22.9 Å². The number of carbonyl (C=O) groups is 1. The number of ether oxygens (including phenoxy) is 1. The molecule has 0 bridgehead atoms. The highest BCUT2D eigenvalue weighted by Crippen LogP contribution is 2.40. The lowest BCUT2D eigenvalue weighted by molar-refractivity contribution is 0.122. The molecule has 1 saturated heterocycles. The Balaban J connectivity index is 1.45. The van der Waals surface area contributed by atoms with E-state index in [0.717, 1.165) is 28.7 Å². The summed E-state index contributed by atoms with van der Waals surface area (Å²) in [7, 11) is 0. The first-order chi connectivity index (χ1) is 17.0. The second-order valence-electron chi connectivity index (χ2n) is 7.74. The monoisotopic (exact) mass is 507 g/mol. The fraction of sp³-hybridized carbons (Fsp3) is 0.167. The molecule has 0 aliphatic carbocycles. The molecule has 9 nitrogen and oxygen atoms in total. The quantitative estimate of drug-likeness (QED) is 0.348. The SMILES string of the molecule is Nc1nccc(-c2nc(N3CCOCC3)sc2-c2cccc(NC(=O)Nc3cccc(Cl)c3)c2)n1. The number of nitrogens with one attached hydrogen (secondary N) is 2. The van der Waals surface area contributed by atoms with Gasteiger partial charge in [0.25, 0.3) is 0 Å². The van der Waals surface area contributed by atoms with E-state index in [9.17, 15) is 4.79 Å². The van der Waals surface area contributed by atoms with E-state index in [2.05, 4.69) is 25.5 Å². The number of hydrogen-bond donors (Lipinski definition) is 3. The maximum absolute atomic E-state index is 12.6. The van der Waals surface area contributed by atoms with E-state index in [1.807, 2.05) is 24.3 Å². The van der Waals surface area contributed by atoms with Crippen molar-refractivity contribution >= 4 is 51.4 Å². The zero-order valence-electron chi connectivity index (χ0n) is 18.6. The van der Waals surface area contributed by atoms with Gasteiger partial charge in [0.2, 0.25) is 5.95 Å². The van der Waals surface area contributed by atoms with Gasteiger partial charge in [-0.3, -0.25) is 0 Å². The summed E-state index contributed by atoms with van der Waals surface area (Å²) in [4.78, 5) is 29.0. The topological polar surface area (TPSA) is 118 Å². The number of amides is 2. The molecule has 0 unspecified atom stereocenters. The maximum Gasteiger partial charge on any atom is 0.323 e. The van der Waals surface area contributed by atoms with Gasteiger partial charge >= 0.3 is 6.03 Å². The lowest BCUT2D eigenvalue weighted by Gasteiger charge is -2.26. The smallest absolute Gasteiger partial charge is 0.323 e. The van der Waals surface area contributed by atoms with Crippen LogP contribution in [0.3, 0.4) is 0 Å². The molecular weight excluding hydrogens is 486 g/mol. The molecule has 178 valence electrons. The Hall–Kier alpha value is -3.73. The summed E-state index contributed by atoms with van der Waals surface area (Å²) in [5.74, 6) is 0.183. The molecule has 4 aromatic rings. The van der Waals surface area contributed by atoms with Gasteiger partial charge in [0.05, 0.1) is 23.8 Å². The van der Waals surface area contributed by atoms with Crippen LogP contribution in [0.4, 0.5) is 27.2 Å². The molecule has 4 N–H and O–H groups in total. The van der Waals surface area contributed by atoms with Crippen molar-refractivity contribution in [3.8, 4) is 21.8 Å². The Morgan fingerprint density at radius 3 is 2.51 bits per heavy atom. The molecule has 35 heavy (non-hydrogen) atoms. The number of nitrogen functional groups attached to an aromatic ring is 1. The van der Waals surface area contributed by atoms with Gasteiger partial charge in [-0.2, -0.15) is 0 Å². The molecule has 2 amide bonds. The Labute approximate surface area is 210 Å². The van der Waals surface area contributed by atoms with E-state index >= 15 is 0 Å². The number of benzene rings is 2. The largest absolute Gasteiger partial charge is 0.378 e. The van der Waals surface area contributed by atoms with Crippen molar-refractivity contribution < 1.29 is 9.53 Å². The molecule has 0 atom stereocenters. The van der Waals surface area contributed by atoms with Gasteiger partial charge in [0.1, 0.15) is 5.69 Å². The zero-order chi connectivity index (χ0) is 24.2. The number of hydrogen-bond acceptors (Lipinski definition) is 8. The van der Waals surface area contributed by atoms with Crippen LogP contribution < -0.4 is 21.3 Å². The van der Waals surface area contributed by atoms with Crippen LogP contribution in [-0.2, 0) is 4.74 Å². The summed E-state index contributed by atoms with van der Waals surface area (Å²) < 4.78 is 5.49. The average molecular weight is 508 g/mol. The van der Waals surface area contributed by atoms with Crippen molar-refractivity contribution in [2.45, 2.75) is 0 Å². The standard InChI is InChI=1S/C24H22ClN7O2S/c25-16-4-2-6-18(14-16)29-23(33)28-17-5-1-3-15(13-17)21-20(19-7-8-27-22(26)30-19)31-24(35-21)32-9-11-34-12-10-32/h1-8,13-14H,9-12H2,(H2,26,27,30)(H2,28,29,33). The molecule has 1 aliphatic heterocycles. The normalized spacial score (nSPS) is 13.5. The van der Waals surface area contributed by atoms with Crippen LogP contribution in [0.25, 0.3) is 21.8 Å². The zero-order valence-corrected chi connectivity index (χ0v) is 20.1. The van der Waals surface area contributed by atoms with Gasteiger partial charge in [-0.25, -0.2) is 19.7 Å². The molecule has 1 fully saturated rings. The molecule has 0 radical (unpaired) electrons. The molecule has 1 aliphatic rings. The second kappa shape index (κ2) is 10.3. The van der Waals surface area contributed by atoms with Gasteiger partial charge < -0.3 is 26.0 Å². The highest BCUT2D eigenvalue weighted by Gasteiger charge is 2.21. The molecular formula is C24H22ClN7O2S. The number of halogens is 1. The average Bonchev–Trinajstić information content (AvgIpc) is 3.30. The van der Waals surface area contributed by atoms with Crippen LogP contribution in [-0.4, -0.2) is 47.3 Å². The van der Waals surface area contributed by atoms with Crippen molar-refractivity contribution in [2.24, 2.45) is 0 Å². The summed E-state index contributed by atoms with van der Waals surface area (Å²) in [6.07, 6.45) is 1.62. The van der Waals surface area contributed by atoms with E-state index in [4.69, 9.17) is 27.1 Å². The van der Waals surface area contributed by atoms with Crippen LogP contribution in [0, 0.1) is 0 Å². The molecule has 11 heteroatoms. The molecule has 0 saturated carbocycles. The minimum atomic E-state index is -0.369. The van der Waals surface area contributed by atoms with Crippen molar-refractivity contribution in [1.82, 2.24) is 15.0 Å². The number of nitrogens with two attached hydrogens (primary N) is 1. The summed E-state index contributed by atoms with van der Waals surface area (Å²) in [5, 5.41) is 7.09. The third kappa shape index (κ3) is 5.51. The highest BCUT2D eigenvalue weighted by molar-refractivity contribution is 7.19. The number of anilines is 4. The number of rotatable bonds is 5. The molecule has 5 rings (SSSR count). The lowest BCUT2D eigenvalue weighted by atomic mass is 10.1. The van der Waals surface area contributed by atoms with Crippen molar-refractivity contribution in [1.29, 1.82) is 0 Å². The van der Waals surface area contributed by atoms with Crippen molar-refractivity contribution in [3.05, 3.63) is 65.8 Å². The predicted molar refractivity (Wildman–Crippen MR) is 140 cm³/mol. The van der Waals surface area contributed by atoms with Gasteiger partial charge in [0.15, 0.2) is 5.13 Å². The van der Waals surface area contributed by atoms with E-state index in [1.165, 1.54) is 0 Å². The minimum absolute atomic E-state index is 0.183. The molecule has 2 aromatic carbocycles. The number of carbonyl (C=O) groups excluding carboxylic acids is 1. The first kappa shape index (κ1) is 23.0. The number of thiazole rings is 1. The fourth-order valence-electron chi connectivity index (χ4n) is 3.67. The van der Waals surface area contributed by atoms with Gasteiger partial charge in [-0.05, 0) is 42.0 Å². The maximum atomic E-state index is 12.6. The van der Waals surface area contributed by atoms with E-state index < -0.39 is 0 Å². The molecule has 3 heterocycles. The summed E-state index contributed by atoms with van der Waals surface area (Å²) in [5.41, 5.74) is 9.34. The van der Waals surface area contributed by atoms with Crippen molar-refractivity contribution in [2.75, 3.05) is 47.6 Å². The van der Waals surface area contributed by atoms with E-state index in [1.54, 1.807) is 47.9 Å². The number of nitrogens with zero attached hydrogens (tertiary/aromatic N) is 4. The van der Waals surface area contributed by atoms with Gasteiger partial charge in [-0.1, -0.05) is 41.1 Å². The van der Waals surface area contributed by atoms with Crippen molar-refractivity contribution in [3.63, 3.8) is 0 Å². The van der Waals surface area contributed by atoms with E-state index in [0.29, 0.717) is 41.0 Å². The first-order valence-corrected chi connectivity index (χ1v) is 12.1. The third-order valence-electron chi connectivity index (χ3n) is 5.28. The summed E-state index contributed by atoms with van der Waals surface area (Å²) in [6, 6.07) is 16.0. The summed E-state index contributed by atoms with van der Waals surface area (Å²) in [6.45, 7) is 2.85. The van der Waals surface area contributed by atoms with Crippen LogP contribution in [0.15, 0.2) is 60.8 Å². The Bertz CT molecular complexity index is 1360. The highest BCUT2D eigenvalue weighted by atomic mass is 35.5. The van der Waals surface area contributed by atoms with E-state index in [-0.39, 0.29) is 12.0 Å². The second-order valence-corrected chi connectivity index (χ2v) is 9.16. The van der Waals surface area contributed by atoms with Crippen LogP contribution in [0.1, 0.15) is 0 Å². The van der Waals surface area contributed by atoms with Gasteiger partial charge in [0, 0.05) is 35.7 Å². The minimum Gasteiger partial charge on any atom is -0.378 e. The van der Waals surface area contributed by atoms with Crippen LogP contribution in [0.2, 0.25) is 5.02 Å². The first-order valence-electron chi connectivity index (χ1n) is 10.9. The summed E-state index contributed by atoms with van der Waals surface area (Å²) >= 11 is 7.57. The molecule has 2 aromatic heterocycles. The Morgan fingerprint density at radius 1 is 1.03 bits per heavy atom. The fourth-order valence-corrected chi connectivity index (χ4v) is 4.98. The predicted octanol–water partition coefficient (Wildman–Crippen LogP) is 4.98.